The van der Waals surface area contributed by atoms with E-state index in [9.17, 15) is 0 Å². The van der Waals surface area contributed by atoms with Crippen molar-refractivity contribution in [1.82, 2.24) is 0 Å². The molecule has 0 atom stereocenters. The lowest BCUT2D eigenvalue weighted by atomic mass is 10.0. The van der Waals surface area contributed by atoms with Crippen molar-refractivity contribution in [2.45, 2.75) is 20.8 Å². The SMILES string of the molecule is COc1ccc(C)cc1/C=C/c1ccc(/C=C/c2cc(C)ccc2C)cc1. The van der Waals surface area contributed by atoms with Gasteiger partial charge >= 0.3 is 0 Å². The van der Waals surface area contributed by atoms with Crippen molar-refractivity contribution in [3.8, 4) is 5.75 Å². The summed E-state index contributed by atoms with van der Waals surface area (Å²) < 4.78 is 5.44. The maximum absolute atomic E-state index is 5.44. The summed E-state index contributed by atoms with van der Waals surface area (Å²) in [7, 11) is 1.71. The molecule has 3 aromatic carbocycles. The summed E-state index contributed by atoms with van der Waals surface area (Å²) in [5.41, 5.74) is 8.53. The Hall–Kier alpha value is -3.06. The number of benzene rings is 3. The topological polar surface area (TPSA) is 9.23 Å². The molecule has 0 aliphatic heterocycles. The van der Waals surface area contributed by atoms with Crippen molar-refractivity contribution in [1.29, 1.82) is 0 Å². The zero-order valence-electron chi connectivity index (χ0n) is 16.5. The molecule has 0 aromatic heterocycles. The van der Waals surface area contributed by atoms with Crippen LogP contribution in [0, 0.1) is 20.8 Å². The minimum atomic E-state index is 0.893. The summed E-state index contributed by atoms with van der Waals surface area (Å²) in [6, 6.07) is 21.3. The Morgan fingerprint density at radius 1 is 0.593 bits per heavy atom. The van der Waals surface area contributed by atoms with E-state index in [2.05, 4.69) is 99.7 Å². The Morgan fingerprint density at radius 3 is 1.70 bits per heavy atom. The first-order valence-electron chi connectivity index (χ1n) is 9.23. The van der Waals surface area contributed by atoms with Crippen LogP contribution in [0.3, 0.4) is 0 Å². The van der Waals surface area contributed by atoms with Crippen LogP contribution in [0.15, 0.2) is 60.7 Å². The van der Waals surface area contributed by atoms with E-state index in [4.69, 9.17) is 4.74 Å². The van der Waals surface area contributed by atoms with Gasteiger partial charge in [-0.25, -0.2) is 0 Å². The van der Waals surface area contributed by atoms with E-state index in [0.29, 0.717) is 0 Å². The molecule has 3 aromatic rings. The molecule has 136 valence electrons. The largest absolute Gasteiger partial charge is 0.496 e. The molecule has 0 heterocycles. The van der Waals surface area contributed by atoms with Crippen LogP contribution < -0.4 is 4.74 Å². The Bertz CT molecular complexity index is 976. The molecular formula is C26H26O. The molecular weight excluding hydrogens is 328 g/mol. The molecule has 0 radical (unpaired) electrons. The van der Waals surface area contributed by atoms with Gasteiger partial charge in [-0.3, -0.25) is 0 Å². The fraction of sp³-hybridized carbons (Fsp3) is 0.154. The van der Waals surface area contributed by atoms with Gasteiger partial charge in [-0.15, -0.1) is 0 Å². The summed E-state index contributed by atoms with van der Waals surface area (Å²) >= 11 is 0. The molecule has 0 bridgehead atoms. The van der Waals surface area contributed by atoms with Crippen molar-refractivity contribution in [2.75, 3.05) is 7.11 Å². The van der Waals surface area contributed by atoms with Crippen LogP contribution in [-0.4, -0.2) is 7.11 Å². The highest BCUT2D eigenvalue weighted by Gasteiger charge is 1.99. The maximum atomic E-state index is 5.44. The van der Waals surface area contributed by atoms with Gasteiger partial charge in [-0.1, -0.05) is 84.0 Å². The summed E-state index contributed by atoms with van der Waals surface area (Å²) in [5.74, 6) is 0.893. The molecule has 3 rings (SSSR count). The van der Waals surface area contributed by atoms with E-state index in [1.807, 2.05) is 6.07 Å². The summed E-state index contributed by atoms with van der Waals surface area (Å²) in [6.45, 7) is 6.36. The molecule has 0 amide bonds. The monoisotopic (exact) mass is 354 g/mol. The molecule has 0 fully saturated rings. The van der Waals surface area contributed by atoms with Gasteiger partial charge in [0.05, 0.1) is 7.11 Å². The van der Waals surface area contributed by atoms with Crippen molar-refractivity contribution in [2.24, 2.45) is 0 Å². The summed E-state index contributed by atoms with van der Waals surface area (Å²) in [5, 5.41) is 0. The van der Waals surface area contributed by atoms with Gasteiger partial charge in [0, 0.05) is 5.56 Å². The van der Waals surface area contributed by atoms with E-state index in [1.54, 1.807) is 7.11 Å². The molecule has 0 aliphatic carbocycles. The first kappa shape index (κ1) is 18.7. The fourth-order valence-electron chi connectivity index (χ4n) is 3.01. The number of hydrogen-bond acceptors (Lipinski definition) is 1. The predicted octanol–water partition coefficient (Wildman–Crippen LogP) is 6.96. The molecule has 0 saturated carbocycles. The van der Waals surface area contributed by atoms with Crippen LogP contribution >= 0.6 is 0 Å². The van der Waals surface area contributed by atoms with E-state index >= 15 is 0 Å². The van der Waals surface area contributed by atoms with E-state index < -0.39 is 0 Å². The summed E-state index contributed by atoms with van der Waals surface area (Å²) in [4.78, 5) is 0. The lowest BCUT2D eigenvalue weighted by Crippen LogP contribution is -1.87. The van der Waals surface area contributed by atoms with Crippen LogP contribution in [0.2, 0.25) is 0 Å². The molecule has 0 unspecified atom stereocenters. The third-order valence-corrected chi connectivity index (χ3v) is 4.67. The predicted molar refractivity (Wildman–Crippen MR) is 118 cm³/mol. The van der Waals surface area contributed by atoms with Gasteiger partial charge in [0.2, 0.25) is 0 Å². The Balaban J connectivity index is 1.75. The minimum absolute atomic E-state index is 0.893. The first-order valence-corrected chi connectivity index (χ1v) is 9.23. The molecule has 1 nitrogen and oxygen atoms in total. The quantitative estimate of drug-likeness (QED) is 0.450. The van der Waals surface area contributed by atoms with Crippen LogP contribution in [0.1, 0.15) is 38.9 Å². The second kappa shape index (κ2) is 8.55. The fourth-order valence-corrected chi connectivity index (χ4v) is 3.01. The van der Waals surface area contributed by atoms with Crippen LogP contribution in [0.4, 0.5) is 0 Å². The van der Waals surface area contributed by atoms with Gasteiger partial charge < -0.3 is 4.74 Å². The second-order valence-corrected chi connectivity index (χ2v) is 6.94. The maximum Gasteiger partial charge on any atom is 0.126 e. The van der Waals surface area contributed by atoms with Gasteiger partial charge in [0.1, 0.15) is 5.75 Å². The molecule has 0 N–H and O–H groups in total. The third kappa shape index (κ3) is 4.98. The van der Waals surface area contributed by atoms with Crippen molar-refractivity contribution in [3.63, 3.8) is 0 Å². The first-order chi connectivity index (χ1) is 13.0. The molecule has 0 spiro atoms. The number of ether oxygens (including phenoxy) is 1. The Labute approximate surface area is 162 Å². The van der Waals surface area contributed by atoms with Gasteiger partial charge in [-0.2, -0.15) is 0 Å². The van der Waals surface area contributed by atoms with Crippen molar-refractivity contribution in [3.05, 3.63) is 99.6 Å². The minimum Gasteiger partial charge on any atom is -0.496 e. The normalized spacial score (nSPS) is 11.4. The average Bonchev–Trinajstić information content (AvgIpc) is 2.68. The zero-order chi connectivity index (χ0) is 19.2. The van der Waals surface area contributed by atoms with Crippen LogP contribution in [0.25, 0.3) is 24.3 Å². The van der Waals surface area contributed by atoms with Crippen molar-refractivity contribution < 1.29 is 4.74 Å². The van der Waals surface area contributed by atoms with Crippen LogP contribution in [-0.2, 0) is 0 Å². The standard InChI is InChI=1S/C26H26O/c1-19-5-7-21(3)24(17-19)14-12-22-8-10-23(11-9-22)13-15-25-18-20(2)6-16-26(25)27-4/h5-18H,1-4H3/b14-12+,15-13+. The van der Waals surface area contributed by atoms with E-state index in [1.165, 1.54) is 33.4 Å². The highest BCUT2D eigenvalue weighted by molar-refractivity contribution is 5.75. The van der Waals surface area contributed by atoms with Gasteiger partial charge in [0.15, 0.2) is 0 Å². The van der Waals surface area contributed by atoms with Crippen molar-refractivity contribution >= 4 is 24.3 Å². The number of methoxy groups -OCH3 is 1. The average molecular weight is 354 g/mol. The van der Waals surface area contributed by atoms with Gasteiger partial charge in [-0.05, 0) is 55.2 Å². The molecule has 1 heteroatoms. The highest BCUT2D eigenvalue weighted by Crippen LogP contribution is 2.22. The summed E-state index contributed by atoms with van der Waals surface area (Å²) in [6.07, 6.45) is 8.58. The van der Waals surface area contributed by atoms with E-state index in [0.717, 1.165) is 11.3 Å². The Morgan fingerprint density at radius 2 is 1.11 bits per heavy atom. The number of rotatable bonds is 5. The van der Waals surface area contributed by atoms with Crippen LogP contribution in [0.5, 0.6) is 5.75 Å². The highest BCUT2D eigenvalue weighted by atomic mass is 16.5. The lowest BCUT2D eigenvalue weighted by Gasteiger charge is -2.05. The number of hydrogen-bond donors (Lipinski definition) is 0. The number of aryl methyl sites for hydroxylation is 3. The second-order valence-electron chi connectivity index (χ2n) is 6.94. The third-order valence-electron chi connectivity index (χ3n) is 4.67. The lowest BCUT2D eigenvalue weighted by molar-refractivity contribution is 0.414. The smallest absolute Gasteiger partial charge is 0.126 e. The Kier molecular flexibility index (Phi) is 5.93. The molecule has 0 aliphatic rings. The van der Waals surface area contributed by atoms with E-state index in [-0.39, 0.29) is 0 Å². The van der Waals surface area contributed by atoms with Gasteiger partial charge in [0.25, 0.3) is 0 Å². The molecule has 27 heavy (non-hydrogen) atoms. The zero-order valence-corrected chi connectivity index (χ0v) is 16.5. The molecule has 0 saturated heterocycles.